The first-order valence-corrected chi connectivity index (χ1v) is 25.3. The SMILES string of the molecule is CCNC(=O)[C@@H]1CCCN1C(=O)[C@H](CCCN=C(N)N)NC(=O)[C@H](NC(=O)[C@H](CCC(N)=O)NC(=O)[C@@H](NC(=O)[C@H](NC(=O)[C@@H](NC(=O)CNC(=O)[C@@H]1CCCN1C)C(C)C)[C@@H](C)CC)[C@@H](C)O)[C@@H](C)CC. The number of aliphatic hydroxyl groups is 1. The Morgan fingerprint density at radius 1 is 0.625 bits per heavy atom. The summed E-state index contributed by atoms with van der Waals surface area (Å²) in [5.41, 5.74) is 16.4. The molecule has 0 spiro atoms. The van der Waals surface area contributed by atoms with Gasteiger partial charge in [0.1, 0.15) is 42.3 Å². The van der Waals surface area contributed by atoms with Gasteiger partial charge in [-0.05, 0) is 90.1 Å². The Morgan fingerprint density at radius 3 is 1.67 bits per heavy atom. The number of carbonyl (C=O) groups is 10. The number of nitrogens with one attached hydrogen (secondary N) is 8. The Labute approximate surface area is 423 Å². The fourth-order valence-corrected chi connectivity index (χ4v) is 8.47. The van der Waals surface area contributed by atoms with Crippen LogP contribution in [0.3, 0.4) is 0 Å². The Kier molecular flexibility index (Phi) is 26.4. The number of hydrogen-bond acceptors (Lipinski definition) is 13. The van der Waals surface area contributed by atoms with Crippen LogP contribution in [-0.4, -0.2) is 174 Å². The van der Waals surface area contributed by atoms with Crippen LogP contribution in [0, 0.1) is 17.8 Å². The van der Waals surface area contributed by atoms with Crippen molar-refractivity contribution in [3.63, 3.8) is 0 Å². The van der Waals surface area contributed by atoms with E-state index >= 15 is 0 Å². The first-order chi connectivity index (χ1) is 33.9. The fraction of sp³-hybridized carbons (Fsp3) is 0.766. The molecule has 0 saturated carbocycles. The maximum atomic E-state index is 14.2. The Hall–Kier alpha value is -6.11. The Bertz CT molecular complexity index is 1910. The molecule has 15 N–H and O–H groups in total. The molecule has 2 saturated heterocycles. The highest BCUT2D eigenvalue weighted by Crippen LogP contribution is 2.21. The predicted octanol–water partition coefficient (Wildman–Crippen LogP) is -3.32. The van der Waals surface area contributed by atoms with Gasteiger partial charge in [-0.2, -0.15) is 0 Å². The minimum absolute atomic E-state index is 0.0703. The topological polar surface area (TPSA) is 384 Å². The van der Waals surface area contributed by atoms with Gasteiger partial charge in [0.25, 0.3) is 0 Å². The number of rotatable bonds is 30. The highest BCUT2D eigenvalue weighted by atomic mass is 16.3. The van der Waals surface area contributed by atoms with Gasteiger partial charge >= 0.3 is 0 Å². The zero-order valence-corrected chi connectivity index (χ0v) is 43.6. The lowest BCUT2D eigenvalue weighted by Crippen LogP contribution is -2.63. The second kappa shape index (κ2) is 30.7. The van der Waals surface area contributed by atoms with Crippen LogP contribution in [0.1, 0.15) is 120 Å². The van der Waals surface area contributed by atoms with E-state index in [-0.39, 0.29) is 62.7 Å². The number of likely N-dealkylation sites (tertiary alicyclic amines) is 2. The quantitative estimate of drug-likeness (QED) is 0.0191. The summed E-state index contributed by atoms with van der Waals surface area (Å²) in [6.07, 6.45) is 1.20. The largest absolute Gasteiger partial charge is 0.391 e. The third-order valence-electron chi connectivity index (χ3n) is 13.2. The van der Waals surface area contributed by atoms with Gasteiger partial charge in [-0.15, -0.1) is 0 Å². The molecule has 10 amide bonds. The van der Waals surface area contributed by atoms with Gasteiger partial charge in [-0.1, -0.05) is 54.4 Å². The van der Waals surface area contributed by atoms with Gasteiger partial charge in [0.15, 0.2) is 5.96 Å². The highest BCUT2D eigenvalue weighted by molar-refractivity contribution is 5.98. The molecule has 72 heavy (non-hydrogen) atoms. The predicted molar refractivity (Wildman–Crippen MR) is 267 cm³/mol. The smallest absolute Gasteiger partial charge is 0.245 e. The maximum Gasteiger partial charge on any atom is 0.245 e. The average Bonchev–Trinajstić information content (AvgIpc) is 4.00. The molecule has 0 aromatic heterocycles. The van der Waals surface area contributed by atoms with Crippen LogP contribution < -0.4 is 59.7 Å². The van der Waals surface area contributed by atoms with E-state index in [0.717, 1.165) is 13.0 Å². The van der Waals surface area contributed by atoms with Crippen molar-refractivity contribution in [2.45, 2.75) is 174 Å². The van der Waals surface area contributed by atoms with Crippen LogP contribution in [-0.2, 0) is 47.9 Å². The molecule has 2 aliphatic heterocycles. The lowest BCUT2D eigenvalue weighted by atomic mass is 9.95. The molecule has 25 nitrogen and oxygen atoms in total. The first kappa shape index (κ1) is 62.0. The van der Waals surface area contributed by atoms with Crippen LogP contribution >= 0.6 is 0 Å². The fourth-order valence-electron chi connectivity index (χ4n) is 8.47. The summed E-state index contributed by atoms with van der Waals surface area (Å²) in [7, 11) is 1.82. The molecule has 11 atom stereocenters. The van der Waals surface area contributed by atoms with Crippen LogP contribution in [0.4, 0.5) is 0 Å². The first-order valence-electron chi connectivity index (χ1n) is 25.3. The van der Waals surface area contributed by atoms with E-state index in [9.17, 15) is 53.1 Å². The van der Waals surface area contributed by atoms with Gasteiger partial charge in [0, 0.05) is 26.1 Å². The van der Waals surface area contributed by atoms with Gasteiger partial charge in [0.2, 0.25) is 59.1 Å². The monoisotopic (exact) mass is 1020 g/mol. The van der Waals surface area contributed by atoms with Crippen LogP contribution in [0.5, 0.6) is 0 Å². The number of guanidine groups is 1. The second-order valence-electron chi connectivity index (χ2n) is 19.3. The zero-order valence-electron chi connectivity index (χ0n) is 43.6. The molecule has 0 aliphatic carbocycles. The van der Waals surface area contributed by atoms with E-state index in [4.69, 9.17) is 17.2 Å². The maximum absolute atomic E-state index is 14.2. The summed E-state index contributed by atoms with van der Waals surface area (Å²) < 4.78 is 0. The Morgan fingerprint density at radius 2 is 1.14 bits per heavy atom. The third kappa shape index (κ3) is 19.5. The van der Waals surface area contributed by atoms with Crippen molar-refractivity contribution in [2.24, 2.45) is 39.9 Å². The van der Waals surface area contributed by atoms with E-state index in [2.05, 4.69) is 47.5 Å². The average molecular weight is 1020 g/mol. The van der Waals surface area contributed by atoms with Gasteiger partial charge in [-0.3, -0.25) is 57.8 Å². The van der Waals surface area contributed by atoms with E-state index in [1.54, 1.807) is 48.5 Å². The Balaban J connectivity index is 2.33. The number of primary amides is 1. The number of hydrogen-bond donors (Lipinski definition) is 12. The number of aliphatic imine (C=N–C) groups is 1. The van der Waals surface area contributed by atoms with E-state index < -0.39 is 120 Å². The molecule has 0 aromatic carbocycles. The zero-order chi connectivity index (χ0) is 54.4. The molecular weight excluding hydrogens is 937 g/mol. The van der Waals surface area contributed by atoms with E-state index in [1.165, 1.54) is 11.8 Å². The van der Waals surface area contributed by atoms with Crippen LogP contribution in [0.25, 0.3) is 0 Å². The molecule has 2 heterocycles. The van der Waals surface area contributed by atoms with Crippen molar-refractivity contribution in [3.8, 4) is 0 Å². The minimum Gasteiger partial charge on any atom is -0.391 e. The molecule has 408 valence electrons. The standard InChI is InChI=1S/C47H84N14O11/c1-10-26(6)36(43(69)55-30(16-13-21-52-47(49)50)46(72)61-23-15-18-32(61)41(67)51-12-3)57-39(65)29(19-20-33(48)63)54-45(71)38(28(8)62)59-44(70)37(27(7)11-2)58-42(68)35(25(4)5)56-34(64)24-53-40(66)31-17-14-22-60(31)9/h25-32,35-38,62H,10-24H2,1-9H3,(H2,48,63)(H,51,67)(H,53,66)(H,54,71)(H,55,69)(H,56,64)(H,57,65)(H,58,68)(H,59,70)(H4,49,50,52)/t26-,27-,28+,29-,30-,31-,32-,35-,36+,37+,38-/m0/s1. The molecule has 0 unspecified atom stereocenters. The van der Waals surface area contributed by atoms with Crippen LogP contribution in [0.15, 0.2) is 4.99 Å². The summed E-state index contributed by atoms with van der Waals surface area (Å²) in [5, 5.41) is 31.9. The number of carbonyl (C=O) groups excluding carboxylic acids is 10. The minimum atomic E-state index is -1.72. The molecular formula is C47H84N14O11. The number of likely N-dealkylation sites (N-methyl/N-ethyl adjacent to an activating group) is 2. The van der Waals surface area contributed by atoms with Gasteiger partial charge < -0.3 is 69.7 Å². The van der Waals surface area contributed by atoms with Gasteiger partial charge in [0.05, 0.1) is 18.7 Å². The summed E-state index contributed by atoms with van der Waals surface area (Å²) >= 11 is 0. The molecule has 25 heteroatoms. The lowest BCUT2D eigenvalue weighted by Gasteiger charge is -2.32. The number of nitrogens with two attached hydrogens (primary N) is 3. The summed E-state index contributed by atoms with van der Waals surface area (Å²) in [4.78, 5) is 142. The molecule has 0 radical (unpaired) electrons. The van der Waals surface area contributed by atoms with Crippen molar-refractivity contribution in [2.75, 3.05) is 39.8 Å². The number of aliphatic hydroxyl groups excluding tert-OH is 1. The molecule has 0 bridgehead atoms. The van der Waals surface area contributed by atoms with E-state index in [0.29, 0.717) is 38.6 Å². The summed E-state index contributed by atoms with van der Waals surface area (Å²) in [5.74, 6) is -8.65. The van der Waals surface area contributed by atoms with Gasteiger partial charge in [-0.25, -0.2) is 0 Å². The molecule has 0 aromatic rings. The second-order valence-corrected chi connectivity index (χ2v) is 19.3. The third-order valence-corrected chi connectivity index (χ3v) is 13.2. The molecule has 2 fully saturated rings. The van der Waals surface area contributed by atoms with Crippen molar-refractivity contribution in [1.29, 1.82) is 0 Å². The van der Waals surface area contributed by atoms with Crippen molar-refractivity contribution >= 4 is 65.0 Å². The van der Waals surface area contributed by atoms with Crippen molar-refractivity contribution in [3.05, 3.63) is 0 Å². The lowest BCUT2D eigenvalue weighted by molar-refractivity contribution is -0.142. The number of amides is 10. The highest BCUT2D eigenvalue weighted by Gasteiger charge is 2.40. The van der Waals surface area contributed by atoms with Crippen LogP contribution in [0.2, 0.25) is 0 Å². The molecule has 2 rings (SSSR count). The van der Waals surface area contributed by atoms with E-state index in [1.807, 2.05) is 11.9 Å². The summed E-state index contributed by atoms with van der Waals surface area (Å²) in [6, 6.07) is -9.27. The normalized spacial score (nSPS) is 19.4. The summed E-state index contributed by atoms with van der Waals surface area (Å²) in [6.45, 7) is 14.4. The van der Waals surface area contributed by atoms with Crippen molar-refractivity contribution in [1.82, 2.24) is 52.3 Å². The molecule has 2 aliphatic rings. The van der Waals surface area contributed by atoms with Crippen molar-refractivity contribution < 1.29 is 53.1 Å². The number of nitrogens with zero attached hydrogens (tertiary/aromatic N) is 3.